The molecule has 0 N–H and O–H groups in total. The first-order valence-corrected chi connectivity index (χ1v) is 6.97. The van der Waals surface area contributed by atoms with Crippen LogP contribution in [0.5, 0.6) is 0 Å². The van der Waals surface area contributed by atoms with Crippen LogP contribution in [0, 0.1) is 0 Å². The lowest BCUT2D eigenvalue weighted by atomic mass is 10.1. The molecule has 5 heteroatoms. The second kappa shape index (κ2) is 7.56. The lowest BCUT2D eigenvalue weighted by Crippen LogP contribution is -2.26. The molecular weight excluding hydrogens is 282 g/mol. The first kappa shape index (κ1) is 16.0. The lowest BCUT2D eigenvalue weighted by molar-refractivity contribution is -0.144. The number of benzene rings is 1. The van der Waals surface area contributed by atoms with Gasteiger partial charge in [-0.15, -0.1) is 0 Å². The molecular formula is C17H19NO4. The molecule has 0 amide bonds. The number of aldehydes is 1. The largest absolute Gasteiger partial charge is 0.467 e. The molecule has 0 fully saturated rings. The van der Waals surface area contributed by atoms with Gasteiger partial charge in [0.05, 0.1) is 19.4 Å². The van der Waals surface area contributed by atoms with E-state index in [-0.39, 0.29) is 5.97 Å². The number of rotatable bonds is 7. The normalized spacial score (nSPS) is 11.9. The standard InChI is InChI=1S/C17H19NO4/c1-21-12-15-9-8-14(11-19)18(15)16(17(20)22-2)10-13-6-4-3-5-7-13/h3-9,11,16H,10,12H2,1-2H3. The number of aromatic nitrogens is 1. The molecule has 1 aromatic carbocycles. The number of esters is 1. The van der Waals surface area contributed by atoms with Gasteiger partial charge in [0.1, 0.15) is 6.04 Å². The third-order valence-electron chi connectivity index (χ3n) is 3.50. The molecule has 0 spiro atoms. The minimum Gasteiger partial charge on any atom is -0.467 e. The molecule has 116 valence electrons. The van der Waals surface area contributed by atoms with E-state index in [9.17, 15) is 9.59 Å². The van der Waals surface area contributed by atoms with Gasteiger partial charge < -0.3 is 14.0 Å². The summed E-state index contributed by atoms with van der Waals surface area (Å²) >= 11 is 0. The zero-order chi connectivity index (χ0) is 15.9. The lowest BCUT2D eigenvalue weighted by Gasteiger charge is -2.21. The summed E-state index contributed by atoms with van der Waals surface area (Å²) in [7, 11) is 2.92. The van der Waals surface area contributed by atoms with Gasteiger partial charge in [0.2, 0.25) is 0 Å². The Morgan fingerprint density at radius 3 is 2.50 bits per heavy atom. The Balaban J connectivity index is 2.43. The Labute approximate surface area is 129 Å². The van der Waals surface area contributed by atoms with Crippen LogP contribution in [0.1, 0.15) is 27.8 Å². The van der Waals surface area contributed by atoms with E-state index in [1.54, 1.807) is 23.8 Å². The van der Waals surface area contributed by atoms with Crippen molar-refractivity contribution in [1.29, 1.82) is 0 Å². The van der Waals surface area contributed by atoms with Crippen LogP contribution in [-0.4, -0.2) is 31.0 Å². The van der Waals surface area contributed by atoms with Crippen LogP contribution in [-0.2, 0) is 27.3 Å². The van der Waals surface area contributed by atoms with Crippen molar-refractivity contribution in [3.8, 4) is 0 Å². The van der Waals surface area contributed by atoms with Crippen LogP contribution in [0.2, 0.25) is 0 Å². The van der Waals surface area contributed by atoms with E-state index in [2.05, 4.69) is 0 Å². The van der Waals surface area contributed by atoms with E-state index < -0.39 is 6.04 Å². The highest BCUT2D eigenvalue weighted by molar-refractivity contribution is 5.78. The maximum Gasteiger partial charge on any atom is 0.329 e. The van der Waals surface area contributed by atoms with Gasteiger partial charge in [-0.1, -0.05) is 30.3 Å². The van der Waals surface area contributed by atoms with Crippen molar-refractivity contribution in [3.63, 3.8) is 0 Å². The monoisotopic (exact) mass is 301 g/mol. The third kappa shape index (κ3) is 3.43. The number of carbonyl (C=O) groups excluding carboxylic acids is 2. The number of hydrogen-bond donors (Lipinski definition) is 0. The summed E-state index contributed by atoms with van der Waals surface area (Å²) in [6, 6.07) is 12.5. The average Bonchev–Trinajstić information content (AvgIpc) is 2.96. The molecule has 0 radical (unpaired) electrons. The third-order valence-corrected chi connectivity index (χ3v) is 3.50. The highest BCUT2D eigenvalue weighted by Gasteiger charge is 2.25. The van der Waals surface area contributed by atoms with Crippen LogP contribution in [0.15, 0.2) is 42.5 Å². The molecule has 0 aliphatic rings. The van der Waals surface area contributed by atoms with Crippen LogP contribution in [0.25, 0.3) is 0 Å². The Morgan fingerprint density at radius 2 is 1.91 bits per heavy atom. The SMILES string of the molecule is COCc1ccc(C=O)n1C(Cc1ccccc1)C(=O)OC. The van der Waals surface area contributed by atoms with Gasteiger partial charge in [0.25, 0.3) is 0 Å². The van der Waals surface area contributed by atoms with E-state index in [0.29, 0.717) is 18.7 Å². The second-order valence-corrected chi connectivity index (χ2v) is 4.90. The Morgan fingerprint density at radius 1 is 1.18 bits per heavy atom. The first-order chi connectivity index (χ1) is 10.7. The van der Waals surface area contributed by atoms with Crippen molar-refractivity contribution >= 4 is 12.3 Å². The predicted octanol–water partition coefficient (Wildman–Crippen LogP) is 2.40. The summed E-state index contributed by atoms with van der Waals surface area (Å²) < 4.78 is 11.8. The topological polar surface area (TPSA) is 57.5 Å². The Kier molecular flexibility index (Phi) is 5.49. The number of carbonyl (C=O) groups is 2. The van der Waals surface area contributed by atoms with E-state index in [1.807, 2.05) is 30.3 Å². The predicted molar refractivity (Wildman–Crippen MR) is 81.7 cm³/mol. The number of ether oxygens (including phenoxy) is 2. The molecule has 1 unspecified atom stereocenters. The maximum absolute atomic E-state index is 12.2. The summed E-state index contributed by atoms with van der Waals surface area (Å²) in [5.41, 5.74) is 2.18. The van der Waals surface area contributed by atoms with Crippen molar-refractivity contribution in [2.24, 2.45) is 0 Å². The summed E-state index contributed by atoms with van der Waals surface area (Å²) in [6.45, 7) is 0.316. The molecule has 1 aromatic heterocycles. The molecule has 2 rings (SSSR count). The van der Waals surface area contributed by atoms with Gasteiger partial charge in [-0.2, -0.15) is 0 Å². The molecule has 0 saturated heterocycles. The van der Waals surface area contributed by atoms with E-state index >= 15 is 0 Å². The van der Waals surface area contributed by atoms with E-state index in [0.717, 1.165) is 17.5 Å². The summed E-state index contributed by atoms with van der Waals surface area (Å²) in [5.74, 6) is -0.388. The Bertz CT molecular complexity index is 633. The van der Waals surface area contributed by atoms with Crippen molar-refractivity contribution in [2.75, 3.05) is 14.2 Å². The molecule has 2 aromatic rings. The molecule has 0 aliphatic heterocycles. The molecule has 0 bridgehead atoms. The van der Waals surface area contributed by atoms with Gasteiger partial charge in [-0.05, 0) is 17.7 Å². The molecule has 0 saturated carbocycles. The van der Waals surface area contributed by atoms with Crippen molar-refractivity contribution in [2.45, 2.75) is 19.1 Å². The van der Waals surface area contributed by atoms with Crippen LogP contribution >= 0.6 is 0 Å². The Hall–Kier alpha value is -2.40. The molecule has 5 nitrogen and oxygen atoms in total. The fourth-order valence-electron chi connectivity index (χ4n) is 2.50. The highest BCUT2D eigenvalue weighted by Crippen LogP contribution is 2.22. The van der Waals surface area contributed by atoms with Crippen molar-refractivity contribution in [3.05, 3.63) is 59.4 Å². The number of hydrogen-bond acceptors (Lipinski definition) is 4. The molecule has 1 heterocycles. The smallest absolute Gasteiger partial charge is 0.329 e. The van der Waals surface area contributed by atoms with Gasteiger partial charge >= 0.3 is 5.97 Å². The molecule has 22 heavy (non-hydrogen) atoms. The quantitative estimate of drug-likeness (QED) is 0.582. The molecule has 0 aliphatic carbocycles. The minimum absolute atomic E-state index is 0.316. The first-order valence-electron chi connectivity index (χ1n) is 6.97. The maximum atomic E-state index is 12.2. The summed E-state index contributed by atoms with van der Waals surface area (Å²) in [5, 5.41) is 0. The van der Waals surface area contributed by atoms with Crippen molar-refractivity contribution < 1.29 is 19.1 Å². The van der Waals surface area contributed by atoms with E-state index in [4.69, 9.17) is 9.47 Å². The zero-order valence-electron chi connectivity index (χ0n) is 12.7. The number of methoxy groups -OCH3 is 2. The van der Waals surface area contributed by atoms with E-state index in [1.165, 1.54) is 7.11 Å². The van der Waals surface area contributed by atoms with Gasteiger partial charge in [-0.3, -0.25) is 4.79 Å². The van der Waals surface area contributed by atoms with Crippen LogP contribution in [0.4, 0.5) is 0 Å². The summed E-state index contributed by atoms with van der Waals surface area (Å²) in [4.78, 5) is 23.5. The van der Waals surface area contributed by atoms with Crippen LogP contribution < -0.4 is 0 Å². The van der Waals surface area contributed by atoms with Gasteiger partial charge in [0, 0.05) is 19.2 Å². The fourth-order valence-corrected chi connectivity index (χ4v) is 2.50. The summed E-state index contributed by atoms with van der Waals surface area (Å²) in [6.07, 6.45) is 1.18. The fraction of sp³-hybridized carbons (Fsp3) is 0.294. The average molecular weight is 301 g/mol. The van der Waals surface area contributed by atoms with Crippen molar-refractivity contribution in [1.82, 2.24) is 4.57 Å². The van der Waals surface area contributed by atoms with Crippen LogP contribution in [0.3, 0.4) is 0 Å². The molecule has 1 atom stereocenters. The van der Waals surface area contributed by atoms with Gasteiger partial charge in [-0.25, -0.2) is 4.79 Å². The van der Waals surface area contributed by atoms with Gasteiger partial charge in [0.15, 0.2) is 6.29 Å². The second-order valence-electron chi connectivity index (χ2n) is 4.90. The number of nitrogens with zero attached hydrogens (tertiary/aromatic N) is 1. The minimum atomic E-state index is -0.604. The highest BCUT2D eigenvalue weighted by atomic mass is 16.5. The zero-order valence-corrected chi connectivity index (χ0v) is 12.7.